The first-order valence-electron chi connectivity index (χ1n) is 14.1. The van der Waals surface area contributed by atoms with Crippen molar-refractivity contribution in [2.75, 3.05) is 19.8 Å². The normalized spacial score (nSPS) is 15.4. The highest BCUT2D eigenvalue weighted by Gasteiger charge is 2.56. The third kappa shape index (κ3) is 6.13. The molecule has 6 N–H and O–H groups in total. The molecule has 0 saturated carbocycles. The molecular formula is C34H55NO4. The Morgan fingerprint density at radius 2 is 0.974 bits per heavy atom. The molecule has 0 fully saturated rings. The van der Waals surface area contributed by atoms with Gasteiger partial charge in [-0.2, -0.15) is 0 Å². The molecule has 5 nitrogen and oxygen atoms in total. The van der Waals surface area contributed by atoms with Crippen LogP contribution < -0.4 is 5.73 Å². The minimum atomic E-state index is -1.94. The predicted molar refractivity (Wildman–Crippen MR) is 162 cm³/mol. The van der Waals surface area contributed by atoms with E-state index in [0.717, 1.165) is 27.8 Å². The van der Waals surface area contributed by atoms with Gasteiger partial charge in [0, 0.05) is 6.54 Å². The fourth-order valence-electron chi connectivity index (χ4n) is 5.52. The zero-order valence-corrected chi connectivity index (χ0v) is 26.6. The van der Waals surface area contributed by atoms with Crippen molar-refractivity contribution in [3.8, 4) is 0 Å². The second-order valence-electron chi connectivity index (χ2n) is 15.5. The Kier molecular flexibility index (Phi) is 9.35. The van der Waals surface area contributed by atoms with Crippen LogP contribution in [0.15, 0.2) is 30.3 Å². The van der Waals surface area contributed by atoms with E-state index in [-0.39, 0.29) is 5.41 Å². The molecule has 1 unspecified atom stereocenters. The number of hydrogen-bond acceptors (Lipinski definition) is 5. The number of nitrogens with two attached hydrogens (primary N) is 1. The maximum atomic E-state index is 13.4. The molecule has 5 heteroatoms. The second-order valence-corrected chi connectivity index (χ2v) is 15.5. The molecule has 0 aliphatic carbocycles. The molecule has 0 radical (unpaired) electrons. The molecule has 2 aromatic rings. The van der Waals surface area contributed by atoms with Gasteiger partial charge in [0.15, 0.2) is 0 Å². The standard InChI is InChI=1S/C34H55NO4/c1-29(2,3)23-13-14-24(25(17-23)30(4,5)6)34(39,33(19-36,20-37)21-38)28-26(31(7,8)9)15-22(18-35)16-27(28)32(10,11)12/h13-17,36-39H,18-21,35H2,1-12H3. The lowest BCUT2D eigenvalue weighted by Crippen LogP contribution is -2.56. The number of benzene rings is 2. The van der Waals surface area contributed by atoms with Crippen molar-refractivity contribution >= 4 is 0 Å². The van der Waals surface area contributed by atoms with Crippen molar-refractivity contribution in [3.63, 3.8) is 0 Å². The third-order valence-electron chi connectivity index (χ3n) is 8.17. The first kappa shape index (κ1) is 33.4. The van der Waals surface area contributed by atoms with Gasteiger partial charge in [-0.25, -0.2) is 0 Å². The highest BCUT2D eigenvalue weighted by Crippen LogP contribution is 2.53. The fourth-order valence-corrected chi connectivity index (χ4v) is 5.52. The Bertz CT molecular complexity index is 1110. The summed E-state index contributed by atoms with van der Waals surface area (Å²) in [6.45, 7) is 23.8. The van der Waals surface area contributed by atoms with E-state index < -0.39 is 47.1 Å². The van der Waals surface area contributed by atoms with Crippen LogP contribution in [-0.2, 0) is 33.8 Å². The van der Waals surface area contributed by atoms with E-state index in [1.165, 1.54) is 0 Å². The molecule has 220 valence electrons. The van der Waals surface area contributed by atoms with Crippen LogP contribution in [0, 0.1) is 5.41 Å². The van der Waals surface area contributed by atoms with Gasteiger partial charge in [-0.05, 0) is 60.6 Å². The van der Waals surface area contributed by atoms with E-state index >= 15 is 0 Å². The van der Waals surface area contributed by atoms with Gasteiger partial charge in [-0.15, -0.1) is 0 Å². The van der Waals surface area contributed by atoms with E-state index in [0.29, 0.717) is 17.7 Å². The summed E-state index contributed by atoms with van der Waals surface area (Å²) < 4.78 is 0. The zero-order chi connectivity index (χ0) is 30.4. The highest BCUT2D eigenvalue weighted by molar-refractivity contribution is 5.57. The number of rotatable bonds is 7. The lowest BCUT2D eigenvalue weighted by atomic mass is 9.58. The van der Waals surface area contributed by atoms with Gasteiger partial charge in [-0.1, -0.05) is 113 Å². The van der Waals surface area contributed by atoms with Crippen LogP contribution in [0.1, 0.15) is 122 Å². The Morgan fingerprint density at radius 1 is 0.564 bits per heavy atom. The lowest BCUT2D eigenvalue weighted by Gasteiger charge is -2.50. The topological polar surface area (TPSA) is 107 Å². The van der Waals surface area contributed by atoms with Gasteiger partial charge in [0.1, 0.15) is 5.60 Å². The van der Waals surface area contributed by atoms with Crippen LogP contribution in [0.25, 0.3) is 0 Å². The summed E-state index contributed by atoms with van der Waals surface area (Å²) in [4.78, 5) is 0. The molecule has 0 amide bonds. The first-order valence-corrected chi connectivity index (χ1v) is 14.1. The van der Waals surface area contributed by atoms with Gasteiger partial charge < -0.3 is 26.2 Å². The zero-order valence-electron chi connectivity index (χ0n) is 26.6. The monoisotopic (exact) mass is 541 g/mol. The number of aliphatic hydroxyl groups is 4. The van der Waals surface area contributed by atoms with Gasteiger partial charge in [-0.3, -0.25) is 0 Å². The summed E-state index contributed by atoms with van der Waals surface area (Å²) in [6.07, 6.45) is 0. The van der Waals surface area contributed by atoms with Crippen LogP contribution in [0.2, 0.25) is 0 Å². The minimum Gasteiger partial charge on any atom is -0.395 e. The van der Waals surface area contributed by atoms with Crippen molar-refractivity contribution in [2.45, 2.75) is 117 Å². The van der Waals surface area contributed by atoms with Crippen molar-refractivity contribution in [3.05, 3.63) is 69.3 Å². The summed E-state index contributed by atoms with van der Waals surface area (Å²) >= 11 is 0. The SMILES string of the molecule is CC(C)(C)c1ccc(C(O)(c2c(C(C)(C)C)cc(CN)cc2C(C)(C)C)C(CO)(CO)CO)c(C(C)(C)C)c1. The van der Waals surface area contributed by atoms with Crippen molar-refractivity contribution in [1.82, 2.24) is 0 Å². The van der Waals surface area contributed by atoms with Crippen LogP contribution >= 0.6 is 0 Å². The Balaban J connectivity index is 3.40. The summed E-state index contributed by atoms with van der Waals surface area (Å²) in [5.74, 6) is 0. The van der Waals surface area contributed by atoms with Crippen molar-refractivity contribution in [2.24, 2.45) is 11.1 Å². The van der Waals surface area contributed by atoms with Gasteiger partial charge in [0.25, 0.3) is 0 Å². The molecule has 0 aromatic heterocycles. The quantitative estimate of drug-likeness (QED) is 0.317. The van der Waals surface area contributed by atoms with E-state index in [2.05, 4.69) is 89.2 Å². The lowest BCUT2D eigenvalue weighted by molar-refractivity contribution is -0.137. The van der Waals surface area contributed by atoms with Crippen LogP contribution in [0.3, 0.4) is 0 Å². The van der Waals surface area contributed by atoms with Gasteiger partial charge in [0.05, 0.1) is 25.2 Å². The molecule has 0 saturated heterocycles. The van der Waals surface area contributed by atoms with E-state index in [9.17, 15) is 20.4 Å². The summed E-state index contributed by atoms with van der Waals surface area (Å²) in [5.41, 5.74) is 7.08. The predicted octanol–water partition coefficient (Wildman–Crippen LogP) is 5.53. The maximum absolute atomic E-state index is 13.4. The maximum Gasteiger partial charge on any atom is 0.128 e. The summed E-state index contributed by atoms with van der Waals surface area (Å²) in [7, 11) is 0. The van der Waals surface area contributed by atoms with Crippen molar-refractivity contribution < 1.29 is 20.4 Å². The number of aliphatic hydroxyl groups excluding tert-OH is 3. The minimum absolute atomic E-state index is 0.130. The number of hydrogen-bond donors (Lipinski definition) is 5. The second kappa shape index (κ2) is 10.9. The molecule has 0 spiro atoms. The molecule has 1 atom stereocenters. The molecule has 0 heterocycles. The molecule has 0 bridgehead atoms. The molecule has 2 rings (SSSR count). The molecule has 2 aromatic carbocycles. The molecule has 39 heavy (non-hydrogen) atoms. The summed E-state index contributed by atoms with van der Waals surface area (Å²) in [6, 6.07) is 10.2. The highest BCUT2D eigenvalue weighted by atomic mass is 16.3. The van der Waals surface area contributed by atoms with E-state index in [4.69, 9.17) is 5.73 Å². The van der Waals surface area contributed by atoms with Gasteiger partial charge >= 0.3 is 0 Å². The van der Waals surface area contributed by atoms with E-state index in [1.54, 1.807) is 0 Å². The van der Waals surface area contributed by atoms with Gasteiger partial charge in [0.2, 0.25) is 0 Å². The largest absolute Gasteiger partial charge is 0.395 e. The third-order valence-corrected chi connectivity index (χ3v) is 8.17. The average Bonchev–Trinajstić information content (AvgIpc) is 2.81. The first-order chi connectivity index (χ1) is 17.5. The van der Waals surface area contributed by atoms with E-state index in [1.807, 2.05) is 24.3 Å². The fraction of sp³-hybridized carbons (Fsp3) is 0.647. The van der Waals surface area contributed by atoms with Crippen LogP contribution in [-0.4, -0.2) is 40.2 Å². The molecule has 0 aliphatic rings. The van der Waals surface area contributed by atoms with Crippen LogP contribution in [0.5, 0.6) is 0 Å². The van der Waals surface area contributed by atoms with Crippen molar-refractivity contribution in [1.29, 1.82) is 0 Å². The molecule has 0 aliphatic heterocycles. The summed E-state index contributed by atoms with van der Waals surface area (Å²) in [5, 5.41) is 46.1. The average molecular weight is 542 g/mol. The Labute approximate surface area is 237 Å². The molecular weight excluding hydrogens is 486 g/mol. The Morgan fingerprint density at radius 3 is 1.28 bits per heavy atom. The smallest absolute Gasteiger partial charge is 0.128 e. The Hall–Kier alpha value is -1.76. The van der Waals surface area contributed by atoms with Crippen LogP contribution in [0.4, 0.5) is 0 Å².